The first-order chi connectivity index (χ1) is 7.58. The summed E-state index contributed by atoms with van der Waals surface area (Å²) >= 11 is 0. The van der Waals surface area contributed by atoms with Gasteiger partial charge in [-0.25, -0.2) is 0 Å². The molecule has 6 nitrogen and oxygen atoms in total. The Morgan fingerprint density at radius 1 is 1.24 bits per heavy atom. The van der Waals surface area contributed by atoms with E-state index >= 15 is 0 Å². The third-order valence-electron chi connectivity index (χ3n) is 3.43. The molecule has 2 fully saturated rings. The Morgan fingerprint density at radius 2 is 1.82 bits per heavy atom. The first-order valence-electron chi connectivity index (χ1n) is 5.38. The lowest BCUT2D eigenvalue weighted by Crippen LogP contribution is -2.45. The highest BCUT2D eigenvalue weighted by Gasteiger charge is 2.72. The molecule has 0 aliphatic carbocycles. The molecule has 6 heteroatoms. The van der Waals surface area contributed by atoms with Crippen molar-refractivity contribution in [3.63, 3.8) is 0 Å². The van der Waals surface area contributed by atoms with Crippen molar-refractivity contribution in [1.29, 1.82) is 0 Å². The molecular weight excluding hydrogens is 228 g/mol. The van der Waals surface area contributed by atoms with E-state index in [4.69, 9.17) is 14.2 Å². The molecule has 0 spiro atoms. The highest BCUT2D eigenvalue weighted by atomic mass is 16.9. The van der Waals surface area contributed by atoms with Gasteiger partial charge in [0.1, 0.15) is 5.60 Å². The van der Waals surface area contributed by atoms with Crippen LogP contribution in [0.3, 0.4) is 0 Å². The molecule has 0 aromatic carbocycles. The van der Waals surface area contributed by atoms with E-state index in [2.05, 4.69) is 0 Å². The van der Waals surface area contributed by atoms with Crippen LogP contribution in [0.15, 0.2) is 0 Å². The zero-order valence-corrected chi connectivity index (χ0v) is 10.3. The van der Waals surface area contributed by atoms with Crippen molar-refractivity contribution in [2.45, 2.75) is 57.1 Å². The van der Waals surface area contributed by atoms with Crippen LogP contribution in [0, 0.1) is 0 Å². The molecule has 2 aliphatic heterocycles. The van der Waals surface area contributed by atoms with Crippen LogP contribution in [0.25, 0.3) is 0 Å². The zero-order chi connectivity index (χ0) is 13.1. The summed E-state index contributed by atoms with van der Waals surface area (Å²) in [7, 11) is 0. The van der Waals surface area contributed by atoms with Gasteiger partial charge in [-0.2, -0.15) is 0 Å². The summed E-state index contributed by atoms with van der Waals surface area (Å²) in [5.41, 5.74) is -1.17. The van der Waals surface area contributed by atoms with E-state index in [1.54, 1.807) is 6.92 Å². The van der Waals surface area contributed by atoms with Crippen LogP contribution in [-0.4, -0.2) is 40.1 Å². The summed E-state index contributed by atoms with van der Waals surface area (Å²) in [5, 5.41) is 10.4. The fraction of sp³-hybridized carbons (Fsp3) is 0.818. The van der Waals surface area contributed by atoms with Crippen LogP contribution in [0.4, 0.5) is 0 Å². The number of fused-ring (bicyclic) bond motifs is 1. The van der Waals surface area contributed by atoms with Crippen LogP contribution in [0.1, 0.15) is 34.1 Å². The molecule has 1 N–H and O–H groups in total. The molecule has 2 heterocycles. The predicted molar refractivity (Wildman–Crippen MR) is 54.8 cm³/mol. The second kappa shape index (κ2) is 3.14. The largest absolute Gasteiger partial charge is 0.361 e. The molecule has 2 aliphatic rings. The normalized spacial score (nSPS) is 53.5. The number of aldehydes is 1. The van der Waals surface area contributed by atoms with Gasteiger partial charge in [-0.15, -0.1) is 0 Å². The van der Waals surface area contributed by atoms with E-state index in [1.165, 1.54) is 20.8 Å². The monoisotopic (exact) mass is 244 g/mol. The number of carbonyl (C=O) groups excluding carboxylic acids is 2. The average Bonchev–Trinajstić information content (AvgIpc) is 2.44. The second-order valence-electron chi connectivity index (χ2n) is 5.13. The van der Waals surface area contributed by atoms with Crippen molar-refractivity contribution in [3.05, 3.63) is 0 Å². The summed E-state index contributed by atoms with van der Waals surface area (Å²) in [5.74, 6) is -5.12. The lowest BCUT2D eigenvalue weighted by molar-refractivity contribution is -0.270. The summed E-state index contributed by atoms with van der Waals surface area (Å²) in [4.78, 5) is 22.4. The molecule has 2 saturated heterocycles. The Morgan fingerprint density at radius 3 is 2.24 bits per heavy atom. The van der Waals surface area contributed by atoms with Crippen molar-refractivity contribution < 1.29 is 28.9 Å². The number of rotatable bonds is 2. The van der Waals surface area contributed by atoms with Crippen molar-refractivity contribution >= 4 is 12.1 Å². The number of hydrogen-bond acceptors (Lipinski definition) is 6. The second-order valence-corrected chi connectivity index (χ2v) is 5.13. The molecule has 0 unspecified atom stereocenters. The fourth-order valence-electron chi connectivity index (χ4n) is 2.38. The maximum absolute atomic E-state index is 11.5. The molecule has 0 saturated carbocycles. The van der Waals surface area contributed by atoms with Gasteiger partial charge in [0, 0.05) is 6.42 Å². The van der Waals surface area contributed by atoms with E-state index in [-0.39, 0.29) is 12.2 Å². The topological polar surface area (TPSA) is 82.1 Å². The molecule has 0 bridgehead atoms. The van der Waals surface area contributed by atoms with Crippen LogP contribution in [0.2, 0.25) is 0 Å². The van der Waals surface area contributed by atoms with Gasteiger partial charge in [-0.05, 0) is 27.7 Å². The number of aliphatic hydroxyl groups is 1. The van der Waals surface area contributed by atoms with Gasteiger partial charge in [-0.1, -0.05) is 0 Å². The summed E-state index contributed by atoms with van der Waals surface area (Å²) in [6.07, 6.45) is 0.373. The highest BCUT2D eigenvalue weighted by Crippen LogP contribution is 2.54. The van der Waals surface area contributed by atoms with Gasteiger partial charge in [0.05, 0.1) is 0 Å². The lowest BCUT2D eigenvalue weighted by atomic mass is 9.94. The van der Waals surface area contributed by atoms with Crippen LogP contribution in [-0.2, 0) is 23.8 Å². The van der Waals surface area contributed by atoms with Gasteiger partial charge in [0.2, 0.25) is 17.4 Å². The summed E-state index contributed by atoms with van der Waals surface area (Å²) < 4.78 is 16.1. The average molecular weight is 244 g/mol. The molecule has 0 radical (unpaired) electrons. The van der Waals surface area contributed by atoms with E-state index < -0.39 is 23.0 Å². The Hall–Kier alpha value is -0.820. The van der Waals surface area contributed by atoms with Crippen LogP contribution in [0.5, 0.6) is 0 Å². The standard InChI is InChI=1S/C11H16O6/c1-7(13)8(2)5-11(14)10(4,15-8)16-9(3,6-12)17-11/h6,14H,5H2,1-4H3/t8-,9-,10+,11-/m1/s1. The van der Waals surface area contributed by atoms with Gasteiger partial charge < -0.3 is 19.3 Å². The molecule has 4 atom stereocenters. The minimum Gasteiger partial charge on any atom is -0.361 e. The number of hydrogen-bond donors (Lipinski definition) is 1. The van der Waals surface area contributed by atoms with E-state index in [1.807, 2.05) is 0 Å². The smallest absolute Gasteiger partial charge is 0.228 e. The maximum atomic E-state index is 11.5. The van der Waals surface area contributed by atoms with E-state index in [9.17, 15) is 14.7 Å². The number of ether oxygens (including phenoxy) is 3. The maximum Gasteiger partial charge on any atom is 0.228 e. The van der Waals surface area contributed by atoms with E-state index in [0.717, 1.165) is 0 Å². The predicted octanol–water partition coefficient (Wildman–Crippen LogP) is 0.121. The van der Waals surface area contributed by atoms with Crippen molar-refractivity contribution in [2.24, 2.45) is 0 Å². The summed E-state index contributed by atoms with van der Waals surface area (Å²) in [6, 6.07) is 0. The number of ketones is 1. The Labute approximate surface area is 98.8 Å². The minimum atomic E-state index is -1.80. The lowest BCUT2D eigenvalue weighted by Gasteiger charge is -2.28. The molecule has 2 rings (SSSR count). The highest BCUT2D eigenvalue weighted by molar-refractivity contribution is 5.85. The fourth-order valence-corrected chi connectivity index (χ4v) is 2.38. The number of carbonyl (C=O) groups is 2. The Balaban J connectivity index is 2.36. The molecule has 0 aromatic heterocycles. The first kappa shape index (κ1) is 12.6. The van der Waals surface area contributed by atoms with E-state index in [0.29, 0.717) is 6.29 Å². The third-order valence-corrected chi connectivity index (χ3v) is 3.43. The zero-order valence-electron chi connectivity index (χ0n) is 10.3. The molecule has 0 amide bonds. The molecule has 96 valence electrons. The van der Waals surface area contributed by atoms with Crippen molar-refractivity contribution in [3.8, 4) is 0 Å². The molecule has 17 heavy (non-hydrogen) atoms. The molecular formula is C11H16O6. The Bertz CT molecular complexity index is 371. The SMILES string of the molecule is CC(=O)[C@@]1(C)C[C@@]2(O)O[C@](C)(C=O)O[C@]2(C)O1. The Kier molecular flexibility index (Phi) is 2.33. The third kappa shape index (κ3) is 1.55. The summed E-state index contributed by atoms with van der Waals surface area (Å²) in [6.45, 7) is 5.76. The van der Waals surface area contributed by atoms with Crippen molar-refractivity contribution in [1.82, 2.24) is 0 Å². The van der Waals surface area contributed by atoms with Crippen molar-refractivity contribution in [2.75, 3.05) is 0 Å². The minimum absolute atomic E-state index is 0.0741. The van der Waals surface area contributed by atoms with Gasteiger partial charge in [0.25, 0.3) is 0 Å². The molecule has 0 aromatic rings. The van der Waals surface area contributed by atoms with Crippen LogP contribution >= 0.6 is 0 Å². The number of Topliss-reactive ketones (excluding diaryl/α,β-unsaturated/α-hetero) is 1. The van der Waals surface area contributed by atoms with Gasteiger partial charge in [0.15, 0.2) is 12.1 Å². The first-order valence-corrected chi connectivity index (χ1v) is 5.38. The van der Waals surface area contributed by atoms with Gasteiger partial charge >= 0.3 is 0 Å². The van der Waals surface area contributed by atoms with Gasteiger partial charge in [-0.3, -0.25) is 9.59 Å². The van der Waals surface area contributed by atoms with Crippen LogP contribution < -0.4 is 0 Å². The quantitative estimate of drug-likeness (QED) is 0.695.